The van der Waals surface area contributed by atoms with E-state index in [-0.39, 0.29) is 22.3 Å². The first-order chi connectivity index (χ1) is 29.7. The van der Waals surface area contributed by atoms with Crippen LogP contribution in [0.1, 0.15) is 76.1 Å². The summed E-state index contributed by atoms with van der Waals surface area (Å²) in [6, 6.07) is 7.71. The average Bonchev–Trinajstić information content (AvgIpc) is 3.60. The Labute approximate surface area is 373 Å². The maximum atomic E-state index is 14.2. The van der Waals surface area contributed by atoms with E-state index in [1.165, 1.54) is 48.5 Å². The Hall–Kier alpha value is -5.22. The molecular formula is C40H39Cl3N2O18. The molecule has 2 fully saturated rings. The van der Waals surface area contributed by atoms with E-state index in [1.54, 1.807) is 0 Å². The number of ether oxygens (including phenoxy) is 9. The molecule has 0 aromatic heterocycles. The lowest BCUT2D eigenvalue weighted by molar-refractivity contribution is -0.342. The van der Waals surface area contributed by atoms with Gasteiger partial charge in [-0.15, -0.1) is 0 Å². The minimum absolute atomic E-state index is 0.0564. The Morgan fingerprint density at radius 3 is 1.27 bits per heavy atom. The Balaban J connectivity index is 1.54. The van der Waals surface area contributed by atoms with Gasteiger partial charge in [-0.1, -0.05) is 59.1 Å². The molecule has 0 spiro atoms. The summed E-state index contributed by atoms with van der Waals surface area (Å²) < 4.78 is 50.7. The molecule has 4 heterocycles. The van der Waals surface area contributed by atoms with E-state index >= 15 is 0 Å². The zero-order chi connectivity index (χ0) is 46.1. The van der Waals surface area contributed by atoms with Gasteiger partial charge in [0.15, 0.2) is 30.9 Å². The van der Waals surface area contributed by atoms with Crippen molar-refractivity contribution in [2.24, 2.45) is 0 Å². The molecule has 0 radical (unpaired) electrons. The van der Waals surface area contributed by atoms with Crippen LogP contribution >= 0.6 is 34.8 Å². The van der Waals surface area contributed by atoms with Crippen LogP contribution in [-0.2, 0) is 66.6 Å². The van der Waals surface area contributed by atoms with Crippen molar-refractivity contribution >= 4 is 88.3 Å². The number of halogens is 3. The van der Waals surface area contributed by atoms with Crippen LogP contribution in [0, 0.1) is 0 Å². The third kappa shape index (κ3) is 10.3. The monoisotopic (exact) mass is 940 g/mol. The molecule has 63 heavy (non-hydrogen) atoms. The number of fused-ring (bicyclic) bond motifs is 2. The Morgan fingerprint density at radius 2 is 0.889 bits per heavy atom. The van der Waals surface area contributed by atoms with Gasteiger partial charge in [0.1, 0.15) is 43.6 Å². The molecule has 4 amide bonds. The molecule has 0 unspecified atom stereocenters. The van der Waals surface area contributed by atoms with E-state index in [0.29, 0.717) is 9.80 Å². The number of nitrogens with zero attached hydrogens (tertiary/aromatic N) is 2. The van der Waals surface area contributed by atoms with Gasteiger partial charge in [-0.25, -0.2) is 0 Å². The number of amides is 4. The number of benzene rings is 2. The third-order valence-corrected chi connectivity index (χ3v) is 10.3. The van der Waals surface area contributed by atoms with E-state index in [0.717, 1.165) is 34.6 Å². The first kappa shape index (κ1) is 47.3. The number of carbonyl (C=O) groups excluding carboxylic acids is 9. The number of hydrogen-bond acceptors (Lipinski definition) is 18. The summed E-state index contributed by atoms with van der Waals surface area (Å²) in [5.41, 5.74) is -0.279. The van der Waals surface area contributed by atoms with Crippen molar-refractivity contribution in [3.63, 3.8) is 0 Å². The summed E-state index contributed by atoms with van der Waals surface area (Å²) in [5, 5.41) is 0. The SMILES string of the molecule is CC(=O)OC[C@H]1O[C@@H](O[C@H]2[C@H](OC(C)=O)[C@@H](N3C(=O)c4ccccc4C3=O)[C@H](OCC(Cl)(Cl)Cl)O[C@@H]2COC(C)=O)[C@H](N2C(=O)c3ccccc3C2=O)[C@@H](OC(C)=O)[C@@H]1OC(C)=O. The second kappa shape index (κ2) is 19.3. The first-order valence-electron chi connectivity index (χ1n) is 19.0. The van der Waals surface area contributed by atoms with Crippen LogP contribution in [0.2, 0.25) is 0 Å². The molecule has 0 saturated carbocycles. The smallest absolute Gasteiger partial charge is 0.303 e. The van der Waals surface area contributed by atoms with Gasteiger partial charge in [-0.3, -0.25) is 53.0 Å². The highest BCUT2D eigenvalue weighted by Crippen LogP contribution is 2.41. The van der Waals surface area contributed by atoms with Crippen LogP contribution in [0.4, 0.5) is 0 Å². The number of imide groups is 2. The molecule has 2 saturated heterocycles. The van der Waals surface area contributed by atoms with Gasteiger partial charge in [-0.2, -0.15) is 0 Å². The molecule has 4 aliphatic rings. The van der Waals surface area contributed by atoms with E-state index < -0.39 is 138 Å². The minimum Gasteiger partial charge on any atom is -0.463 e. The molecule has 0 N–H and O–H groups in total. The van der Waals surface area contributed by atoms with Gasteiger partial charge in [-0.05, 0) is 24.3 Å². The van der Waals surface area contributed by atoms with Gasteiger partial charge >= 0.3 is 29.8 Å². The average molecular weight is 942 g/mol. The number of rotatable bonds is 13. The van der Waals surface area contributed by atoms with Crippen LogP contribution < -0.4 is 0 Å². The number of hydrogen-bond donors (Lipinski definition) is 0. The van der Waals surface area contributed by atoms with Crippen molar-refractivity contribution in [1.29, 1.82) is 0 Å². The van der Waals surface area contributed by atoms with E-state index in [1.807, 2.05) is 0 Å². The van der Waals surface area contributed by atoms with Gasteiger partial charge in [0, 0.05) is 34.6 Å². The lowest BCUT2D eigenvalue weighted by atomic mass is 9.92. The highest BCUT2D eigenvalue weighted by molar-refractivity contribution is 6.67. The third-order valence-electron chi connectivity index (χ3n) is 9.99. The summed E-state index contributed by atoms with van der Waals surface area (Å²) in [5.74, 6) is -8.33. The first-order valence-corrected chi connectivity index (χ1v) is 20.2. The van der Waals surface area contributed by atoms with Crippen molar-refractivity contribution in [2.75, 3.05) is 19.8 Å². The molecule has 4 aliphatic heterocycles. The fourth-order valence-electron chi connectivity index (χ4n) is 7.68. The molecule has 10 atom stereocenters. The van der Waals surface area contributed by atoms with Gasteiger partial charge in [0.05, 0.1) is 28.9 Å². The van der Waals surface area contributed by atoms with Crippen molar-refractivity contribution < 1.29 is 85.8 Å². The number of carbonyl (C=O) groups is 9. The molecule has 6 rings (SSSR count). The summed E-state index contributed by atoms with van der Waals surface area (Å²) in [6.07, 6.45) is -14.4. The Morgan fingerprint density at radius 1 is 0.540 bits per heavy atom. The lowest BCUT2D eigenvalue weighted by Gasteiger charge is -2.51. The second-order valence-electron chi connectivity index (χ2n) is 14.5. The van der Waals surface area contributed by atoms with Crippen molar-refractivity contribution in [2.45, 2.75) is 99.7 Å². The van der Waals surface area contributed by atoms with Crippen LogP contribution in [-0.4, -0.2) is 148 Å². The normalized spacial score (nSPS) is 27.9. The zero-order valence-electron chi connectivity index (χ0n) is 33.9. The fourth-order valence-corrected chi connectivity index (χ4v) is 7.87. The predicted molar refractivity (Wildman–Crippen MR) is 210 cm³/mol. The molecule has 0 aliphatic carbocycles. The molecule has 2 aromatic rings. The topological polar surface area (TPSA) is 243 Å². The van der Waals surface area contributed by atoms with Crippen LogP contribution in [0.25, 0.3) is 0 Å². The molecule has 20 nitrogen and oxygen atoms in total. The van der Waals surface area contributed by atoms with E-state index in [2.05, 4.69) is 0 Å². The molecule has 0 bridgehead atoms. The standard InChI is InChI=1S/C40H39Cl3N2O18/c1-17(46)55-14-26-30(58-19(3)48)33(60-21(5)50)29(45-36(53)24-12-8-9-13-25(24)37(45)54)39(62-26)63-31-27(15-56-18(2)47)61-38(57-16-40(41,42)43)28(32(31)59-20(4)49)44-34(51)22-10-6-7-11-23(22)35(44)52/h6-13,26-33,38-39H,14-16H2,1-5H3/t26-,27-,28-,29-,30-,31-,32-,33-,38-,39+/m1/s1. The van der Waals surface area contributed by atoms with Gasteiger partial charge in [0.25, 0.3) is 23.6 Å². The maximum Gasteiger partial charge on any atom is 0.303 e. The quantitative estimate of drug-likeness (QED) is 0.121. The largest absolute Gasteiger partial charge is 0.463 e. The predicted octanol–water partition coefficient (Wildman–Crippen LogP) is 2.46. The van der Waals surface area contributed by atoms with Crippen LogP contribution in [0.3, 0.4) is 0 Å². The summed E-state index contributed by atoms with van der Waals surface area (Å²) in [6.45, 7) is 2.93. The summed E-state index contributed by atoms with van der Waals surface area (Å²) >= 11 is 18.1. The molecular weight excluding hydrogens is 903 g/mol. The maximum absolute atomic E-state index is 14.2. The van der Waals surface area contributed by atoms with Gasteiger partial charge in [0.2, 0.25) is 3.79 Å². The van der Waals surface area contributed by atoms with Crippen molar-refractivity contribution in [1.82, 2.24) is 9.80 Å². The second-order valence-corrected chi connectivity index (χ2v) is 17.0. The van der Waals surface area contributed by atoms with E-state index in [9.17, 15) is 43.2 Å². The summed E-state index contributed by atoms with van der Waals surface area (Å²) in [7, 11) is 0. The Kier molecular flexibility index (Phi) is 14.4. The van der Waals surface area contributed by atoms with Gasteiger partial charge < -0.3 is 42.6 Å². The number of alkyl halides is 3. The zero-order valence-corrected chi connectivity index (χ0v) is 36.2. The van der Waals surface area contributed by atoms with Crippen LogP contribution in [0.5, 0.6) is 0 Å². The highest BCUT2D eigenvalue weighted by Gasteiger charge is 2.62. The number of esters is 5. The van der Waals surface area contributed by atoms with Crippen molar-refractivity contribution in [3.05, 3.63) is 70.8 Å². The van der Waals surface area contributed by atoms with E-state index in [4.69, 9.17) is 77.4 Å². The molecule has 23 heteroatoms. The summed E-state index contributed by atoms with van der Waals surface area (Å²) in [4.78, 5) is 121. The van der Waals surface area contributed by atoms with Crippen molar-refractivity contribution in [3.8, 4) is 0 Å². The lowest BCUT2D eigenvalue weighted by Crippen LogP contribution is -2.71. The Bertz CT molecular complexity index is 2130. The molecule has 338 valence electrons. The highest BCUT2D eigenvalue weighted by atomic mass is 35.6. The fraction of sp³-hybridized carbons (Fsp3) is 0.475. The van der Waals surface area contributed by atoms with Crippen LogP contribution in [0.15, 0.2) is 48.5 Å². The minimum atomic E-state index is -2.12. The molecule has 2 aromatic carbocycles.